The van der Waals surface area contributed by atoms with Crippen molar-refractivity contribution < 1.29 is 99.0 Å². The molecule has 3 heterocycles. The third kappa shape index (κ3) is 7.82. The zero-order chi connectivity index (χ0) is 49.1. The minimum absolute atomic E-state index is 0.0422. The number of aliphatic carboxylic acids is 2. The van der Waals surface area contributed by atoms with Crippen molar-refractivity contribution in [3.63, 3.8) is 0 Å². The summed E-state index contributed by atoms with van der Waals surface area (Å²) in [5, 5.41) is 116. The summed E-state index contributed by atoms with van der Waals surface area (Å²) in [5.41, 5.74) is -3.01. The van der Waals surface area contributed by atoms with E-state index >= 15 is 0 Å². The molecule has 0 radical (unpaired) electrons. The third-order valence-electron chi connectivity index (χ3n) is 19.0. The normalized spacial score (nSPS) is 52.9. The van der Waals surface area contributed by atoms with Gasteiger partial charge < -0.3 is 84.6 Å². The molecule has 8 rings (SSSR count). The van der Waals surface area contributed by atoms with Gasteiger partial charge in [0.15, 0.2) is 18.7 Å². The minimum Gasteiger partial charge on any atom is -0.481 e. The van der Waals surface area contributed by atoms with E-state index < -0.39 is 151 Å². The minimum atomic E-state index is -2.04. The Hall–Kier alpha value is -2.41. The van der Waals surface area contributed by atoms with E-state index in [1.165, 1.54) is 0 Å². The molecule has 0 aromatic carbocycles. The average Bonchev–Trinajstić information content (AvgIpc) is 3.26. The van der Waals surface area contributed by atoms with Gasteiger partial charge in [-0.05, 0) is 111 Å². The molecule has 380 valence electrons. The number of rotatable bonds is 9. The first-order valence-corrected chi connectivity index (χ1v) is 23.9. The van der Waals surface area contributed by atoms with Gasteiger partial charge in [0.1, 0.15) is 61.0 Å². The van der Waals surface area contributed by atoms with Crippen molar-refractivity contribution in [1.29, 1.82) is 0 Å². The van der Waals surface area contributed by atoms with Crippen molar-refractivity contribution >= 4 is 17.9 Å². The topological polar surface area (TPSA) is 329 Å². The zero-order valence-corrected chi connectivity index (χ0v) is 39.0. The van der Waals surface area contributed by atoms with Crippen LogP contribution >= 0.6 is 0 Å². The summed E-state index contributed by atoms with van der Waals surface area (Å²) in [6.45, 7) is 11.5. The molecule has 8 aliphatic rings. The number of carbonyl (C=O) groups excluding carboxylic acids is 1. The highest BCUT2D eigenvalue weighted by Gasteiger charge is 2.72. The Balaban J connectivity index is 1.08. The van der Waals surface area contributed by atoms with Crippen LogP contribution in [0.2, 0.25) is 0 Å². The highest BCUT2D eigenvalue weighted by Crippen LogP contribution is 2.76. The first kappa shape index (κ1) is 51.0. The fourth-order valence-electron chi connectivity index (χ4n) is 14.7. The van der Waals surface area contributed by atoms with E-state index in [0.717, 1.165) is 12.0 Å². The largest absolute Gasteiger partial charge is 0.481 e. The number of carbonyl (C=O) groups is 3. The molecule has 3 saturated heterocycles. The van der Waals surface area contributed by atoms with Crippen molar-refractivity contribution in [3.05, 3.63) is 11.6 Å². The molecule has 4 saturated carbocycles. The van der Waals surface area contributed by atoms with E-state index in [4.69, 9.17) is 28.4 Å². The van der Waals surface area contributed by atoms with Gasteiger partial charge in [0, 0.05) is 0 Å². The Bertz CT molecular complexity index is 1930. The molecule has 3 aliphatic heterocycles. The summed E-state index contributed by atoms with van der Waals surface area (Å²) in [7, 11) is 0. The molecule has 67 heavy (non-hydrogen) atoms. The van der Waals surface area contributed by atoms with E-state index in [1.54, 1.807) is 6.92 Å². The maximum Gasteiger partial charge on any atom is 0.335 e. The van der Waals surface area contributed by atoms with Crippen LogP contribution in [0.5, 0.6) is 0 Å². The Labute approximate surface area is 389 Å². The summed E-state index contributed by atoms with van der Waals surface area (Å²) < 4.78 is 35.0. The molecule has 0 bridgehead atoms. The van der Waals surface area contributed by atoms with Gasteiger partial charge in [-0.3, -0.25) is 9.59 Å². The van der Waals surface area contributed by atoms with Crippen LogP contribution in [-0.4, -0.2) is 179 Å². The molecule has 20 heteroatoms. The summed E-state index contributed by atoms with van der Waals surface area (Å²) in [4.78, 5) is 40.8. The molecule has 0 aromatic heterocycles. The molecular weight excluding hydrogens is 884 g/mol. The van der Waals surface area contributed by atoms with E-state index in [9.17, 15) is 70.6 Å². The number of hydrogen-bond donors (Lipinski definition) is 11. The fraction of sp³-hybridized carbons (Fsp3) is 0.894. The van der Waals surface area contributed by atoms with Crippen molar-refractivity contribution in [1.82, 2.24) is 0 Å². The number of carboxylic acids is 2. The lowest BCUT2D eigenvalue weighted by Crippen LogP contribution is -2.68. The first-order chi connectivity index (χ1) is 31.2. The van der Waals surface area contributed by atoms with Gasteiger partial charge in [0.05, 0.1) is 30.1 Å². The Kier molecular flexibility index (Phi) is 13.5. The van der Waals surface area contributed by atoms with Crippen LogP contribution in [0.15, 0.2) is 11.6 Å². The van der Waals surface area contributed by atoms with Crippen LogP contribution in [0.4, 0.5) is 0 Å². The number of allylic oxidation sites excluding steroid dienone is 2. The monoisotopic (exact) mass is 956 g/mol. The lowest BCUT2D eigenvalue weighted by atomic mass is 9.33. The zero-order valence-electron chi connectivity index (χ0n) is 39.0. The fourth-order valence-corrected chi connectivity index (χ4v) is 14.7. The summed E-state index contributed by atoms with van der Waals surface area (Å²) in [6.07, 6.45) is -17.8. The first-order valence-electron chi connectivity index (χ1n) is 23.9. The number of aliphatic hydroxyl groups excluding tert-OH is 9. The van der Waals surface area contributed by atoms with Gasteiger partial charge in [-0.15, -0.1) is 0 Å². The third-order valence-corrected chi connectivity index (χ3v) is 19.0. The van der Waals surface area contributed by atoms with Crippen LogP contribution in [-0.2, 0) is 42.8 Å². The van der Waals surface area contributed by atoms with Crippen LogP contribution in [0, 0.1) is 50.2 Å². The quantitative estimate of drug-likeness (QED) is 0.0819. The standard InChI is InChI=1S/C47H72O20/c1-42(2)13-15-47(41(61)67-38-33(56)29(52)28(51)23(18-48)63-38)16-14-44(4)20(21(47)17-42)7-8-24-43(3)11-10-26(46(6,40(59)60)25(43)9-12-45(24,44)5)64-39-35(31(54)30(53)34(65-39)36(57)58)66-37-32(55)27(50)22(49)19-62-37/h7,21-35,37-39,48-56H,8-19H2,1-6H3,(H,57,58)(H,59,60). The second-order valence-electron chi connectivity index (χ2n) is 22.8. The molecule has 11 N–H and O–H groups in total. The summed E-state index contributed by atoms with van der Waals surface area (Å²) >= 11 is 0. The van der Waals surface area contributed by atoms with E-state index in [1.807, 2.05) is 0 Å². The van der Waals surface area contributed by atoms with Gasteiger partial charge in [0.25, 0.3) is 0 Å². The Morgan fingerprint density at radius 3 is 2.03 bits per heavy atom. The Morgan fingerprint density at radius 1 is 0.701 bits per heavy atom. The smallest absolute Gasteiger partial charge is 0.335 e. The number of fused-ring (bicyclic) bond motifs is 7. The lowest BCUT2D eigenvalue weighted by molar-refractivity contribution is -0.365. The molecule has 0 aromatic rings. The second-order valence-corrected chi connectivity index (χ2v) is 22.8. The van der Waals surface area contributed by atoms with Crippen LogP contribution in [0.1, 0.15) is 106 Å². The highest BCUT2D eigenvalue weighted by molar-refractivity contribution is 5.79. The molecule has 5 aliphatic carbocycles. The molecule has 23 atom stereocenters. The van der Waals surface area contributed by atoms with Crippen LogP contribution in [0.25, 0.3) is 0 Å². The maximum atomic E-state index is 14.7. The summed E-state index contributed by atoms with van der Waals surface area (Å²) in [6, 6.07) is 0. The number of aliphatic hydroxyl groups is 9. The number of carboxylic acid groups (broad SMARTS) is 2. The van der Waals surface area contributed by atoms with E-state index in [-0.39, 0.29) is 29.1 Å². The molecule has 20 nitrogen and oxygen atoms in total. The van der Waals surface area contributed by atoms with Gasteiger partial charge in [-0.2, -0.15) is 0 Å². The number of esters is 1. The Morgan fingerprint density at radius 2 is 1.37 bits per heavy atom. The molecule has 7 fully saturated rings. The number of hydrogen-bond acceptors (Lipinski definition) is 18. The average molecular weight is 957 g/mol. The van der Waals surface area contributed by atoms with Crippen molar-refractivity contribution in [3.8, 4) is 0 Å². The molecule has 0 amide bonds. The SMILES string of the molecule is CC1(C)CCC2(C(=O)OC3OC(CO)C(O)C(O)C3O)CCC3(C)C(=CCC4C5(C)CCC(OC6OC(C(=O)O)C(O)C(O)C6OC6OCC(O)C(O)C6O)C(C)(C(=O)O)C5CCC43C)C2C1. The second kappa shape index (κ2) is 17.7. The van der Waals surface area contributed by atoms with Gasteiger partial charge in [-0.1, -0.05) is 46.3 Å². The van der Waals surface area contributed by atoms with Crippen LogP contribution in [0.3, 0.4) is 0 Å². The predicted octanol–water partition coefficient (Wildman–Crippen LogP) is -0.0634. The lowest BCUT2D eigenvalue weighted by Gasteiger charge is -2.71. The maximum absolute atomic E-state index is 14.7. The van der Waals surface area contributed by atoms with Gasteiger partial charge >= 0.3 is 17.9 Å². The van der Waals surface area contributed by atoms with Gasteiger partial charge in [-0.25, -0.2) is 4.79 Å². The van der Waals surface area contributed by atoms with Crippen molar-refractivity contribution in [2.24, 2.45) is 50.2 Å². The van der Waals surface area contributed by atoms with Crippen molar-refractivity contribution in [2.45, 2.75) is 198 Å². The predicted molar refractivity (Wildman–Crippen MR) is 227 cm³/mol. The highest BCUT2D eigenvalue weighted by atomic mass is 16.8. The molecular formula is C47H72O20. The summed E-state index contributed by atoms with van der Waals surface area (Å²) in [5.74, 6) is -4.15. The van der Waals surface area contributed by atoms with E-state index in [0.29, 0.717) is 51.4 Å². The van der Waals surface area contributed by atoms with Crippen molar-refractivity contribution in [2.75, 3.05) is 13.2 Å². The van der Waals surface area contributed by atoms with Gasteiger partial charge in [0.2, 0.25) is 6.29 Å². The van der Waals surface area contributed by atoms with E-state index in [2.05, 4.69) is 40.7 Å². The number of ether oxygens (including phenoxy) is 6. The molecule has 23 unspecified atom stereocenters. The van der Waals surface area contributed by atoms with Crippen LogP contribution < -0.4 is 0 Å². The molecule has 0 spiro atoms.